The highest BCUT2D eigenvalue weighted by Gasteiger charge is 2.22. The fraction of sp³-hybridized carbons (Fsp3) is 0.667. The summed E-state index contributed by atoms with van der Waals surface area (Å²) in [6, 6.07) is 6.45. The Morgan fingerprint density at radius 1 is 1.23 bits per heavy atom. The van der Waals surface area contributed by atoms with Crippen LogP contribution in [0.25, 0.3) is 0 Å². The molecule has 2 fully saturated rings. The molecule has 0 bridgehead atoms. The van der Waals surface area contributed by atoms with Crippen molar-refractivity contribution < 1.29 is 4.74 Å². The van der Waals surface area contributed by atoms with E-state index < -0.39 is 0 Å². The fourth-order valence-electron chi connectivity index (χ4n) is 3.35. The van der Waals surface area contributed by atoms with Crippen molar-refractivity contribution in [2.45, 2.75) is 45.6 Å². The number of aryl methyl sites for hydroxylation is 1. The molecule has 1 saturated heterocycles. The van der Waals surface area contributed by atoms with Gasteiger partial charge in [-0.15, -0.1) is 0 Å². The third kappa shape index (κ3) is 6.20. The summed E-state index contributed by atoms with van der Waals surface area (Å²) in [5.74, 6) is 2.63. The lowest BCUT2D eigenvalue weighted by Gasteiger charge is -2.17. The van der Waals surface area contributed by atoms with E-state index >= 15 is 0 Å². The molecule has 1 aliphatic heterocycles. The van der Waals surface area contributed by atoms with Crippen molar-refractivity contribution in [3.8, 4) is 5.75 Å². The molecular weight excluding hydrogens is 324 g/mol. The number of guanidine groups is 1. The van der Waals surface area contributed by atoms with Crippen LogP contribution in [0, 0.1) is 12.8 Å². The fourth-order valence-corrected chi connectivity index (χ4v) is 3.35. The van der Waals surface area contributed by atoms with Crippen LogP contribution in [0.2, 0.25) is 0 Å². The smallest absolute Gasteiger partial charge is 0.191 e. The van der Waals surface area contributed by atoms with Gasteiger partial charge in [0.05, 0.1) is 6.61 Å². The van der Waals surface area contributed by atoms with Crippen molar-refractivity contribution in [3.63, 3.8) is 0 Å². The van der Waals surface area contributed by atoms with E-state index in [1.807, 2.05) is 7.05 Å². The van der Waals surface area contributed by atoms with Crippen molar-refractivity contribution in [3.05, 3.63) is 29.3 Å². The van der Waals surface area contributed by atoms with Gasteiger partial charge in [0.15, 0.2) is 5.96 Å². The lowest BCUT2D eigenvalue weighted by Crippen LogP contribution is -2.38. The van der Waals surface area contributed by atoms with Gasteiger partial charge in [0.25, 0.3) is 0 Å². The third-order valence-corrected chi connectivity index (χ3v) is 5.21. The van der Waals surface area contributed by atoms with Crippen LogP contribution in [0.5, 0.6) is 5.75 Å². The summed E-state index contributed by atoms with van der Waals surface area (Å²) in [6.45, 7) is 8.36. The van der Waals surface area contributed by atoms with Crippen LogP contribution in [0.4, 0.5) is 0 Å². The maximum Gasteiger partial charge on any atom is 0.191 e. The van der Waals surface area contributed by atoms with Gasteiger partial charge in [0, 0.05) is 25.7 Å². The van der Waals surface area contributed by atoms with Gasteiger partial charge in [-0.3, -0.25) is 4.99 Å². The second-order valence-electron chi connectivity index (χ2n) is 7.62. The zero-order chi connectivity index (χ0) is 18.2. The number of likely N-dealkylation sites (tertiary alicyclic amines) is 1. The molecule has 3 rings (SSSR count). The molecule has 5 heteroatoms. The van der Waals surface area contributed by atoms with Crippen LogP contribution >= 0.6 is 0 Å². The number of aliphatic imine (C=N–C) groups is 1. The number of hydrogen-bond acceptors (Lipinski definition) is 3. The van der Waals surface area contributed by atoms with Crippen LogP contribution in [-0.2, 0) is 6.54 Å². The molecule has 0 amide bonds. The lowest BCUT2D eigenvalue weighted by atomic mass is 10.1. The monoisotopic (exact) mass is 358 g/mol. The number of rotatable bonds is 9. The van der Waals surface area contributed by atoms with Crippen LogP contribution in [0.3, 0.4) is 0 Å². The van der Waals surface area contributed by atoms with E-state index in [1.165, 1.54) is 56.4 Å². The summed E-state index contributed by atoms with van der Waals surface area (Å²) in [4.78, 5) is 6.89. The van der Waals surface area contributed by atoms with Crippen molar-refractivity contribution in [1.82, 2.24) is 15.5 Å². The quantitative estimate of drug-likeness (QED) is 0.405. The summed E-state index contributed by atoms with van der Waals surface area (Å²) >= 11 is 0. The maximum absolute atomic E-state index is 6.06. The molecule has 0 unspecified atom stereocenters. The van der Waals surface area contributed by atoms with Gasteiger partial charge < -0.3 is 20.3 Å². The topological polar surface area (TPSA) is 48.9 Å². The predicted molar refractivity (Wildman–Crippen MR) is 108 cm³/mol. The minimum atomic E-state index is 0.728. The number of nitrogens with zero attached hydrogens (tertiary/aromatic N) is 2. The number of ether oxygens (including phenoxy) is 1. The summed E-state index contributed by atoms with van der Waals surface area (Å²) in [6.07, 6.45) is 6.50. The molecule has 0 radical (unpaired) electrons. The van der Waals surface area contributed by atoms with Gasteiger partial charge in [-0.1, -0.05) is 12.1 Å². The molecule has 0 atom stereocenters. The maximum atomic E-state index is 6.06. The Labute approximate surface area is 158 Å². The Morgan fingerprint density at radius 2 is 2.04 bits per heavy atom. The molecule has 26 heavy (non-hydrogen) atoms. The molecular formula is C21H34N4O. The van der Waals surface area contributed by atoms with Crippen molar-refractivity contribution in [2.24, 2.45) is 10.9 Å². The van der Waals surface area contributed by atoms with Crippen LogP contribution in [0.15, 0.2) is 23.2 Å². The SMILES string of the molecule is CN=C(NCCCN1CCCC1)NCc1ccc(C)cc1OCC1CC1. The average molecular weight is 359 g/mol. The predicted octanol–water partition coefficient (Wildman–Crippen LogP) is 2.93. The van der Waals surface area contributed by atoms with Crippen molar-refractivity contribution in [2.75, 3.05) is 39.8 Å². The minimum absolute atomic E-state index is 0.728. The van der Waals surface area contributed by atoms with Gasteiger partial charge in [-0.25, -0.2) is 0 Å². The zero-order valence-electron chi connectivity index (χ0n) is 16.4. The Bertz CT molecular complexity index is 592. The van der Waals surface area contributed by atoms with Gasteiger partial charge in [0.1, 0.15) is 5.75 Å². The molecule has 0 spiro atoms. The van der Waals surface area contributed by atoms with Gasteiger partial charge >= 0.3 is 0 Å². The molecule has 0 aromatic heterocycles. The Hall–Kier alpha value is -1.75. The highest BCUT2D eigenvalue weighted by molar-refractivity contribution is 5.79. The van der Waals surface area contributed by atoms with Gasteiger partial charge in [-0.2, -0.15) is 0 Å². The largest absolute Gasteiger partial charge is 0.493 e. The first-order chi connectivity index (χ1) is 12.7. The lowest BCUT2D eigenvalue weighted by molar-refractivity contribution is 0.296. The normalized spacial score (nSPS) is 18.2. The first-order valence-electron chi connectivity index (χ1n) is 10.1. The molecule has 1 heterocycles. The zero-order valence-corrected chi connectivity index (χ0v) is 16.4. The molecule has 5 nitrogen and oxygen atoms in total. The number of nitrogens with one attached hydrogen (secondary N) is 2. The summed E-state index contributed by atoms with van der Waals surface area (Å²) in [5.41, 5.74) is 2.43. The molecule has 1 aromatic rings. The highest BCUT2D eigenvalue weighted by atomic mass is 16.5. The first-order valence-corrected chi connectivity index (χ1v) is 10.1. The molecule has 1 saturated carbocycles. The Morgan fingerprint density at radius 3 is 2.77 bits per heavy atom. The second kappa shape index (κ2) is 9.81. The van der Waals surface area contributed by atoms with E-state index in [0.717, 1.165) is 43.7 Å². The molecule has 1 aliphatic carbocycles. The second-order valence-corrected chi connectivity index (χ2v) is 7.62. The van der Waals surface area contributed by atoms with E-state index in [1.54, 1.807) is 0 Å². The van der Waals surface area contributed by atoms with Gasteiger partial charge in [0.2, 0.25) is 0 Å². The molecule has 144 valence electrons. The minimum Gasteiger partial charge on any atom is -0.493 e. The average Bonchev–Trinajstić information content (AvgIpc) is 3.34. The number of hydrogen-bond donors (Lipinski definition) is 2. The standard InChI is InChI=1S/C21H34N4O/c1-17-6-9-19(20(14-17)26-16-18-7-8-18)15-24-21(22-2)23-10-5-13-25-11-3-4-12-25/h6,9,14,18H,3-5,7-8,10-13,15-16H2,1-2H3,(H2,22,23,24). The molecule has 2 aliphatic rings. The summed E-state index contributed by atoms with van der Waals surface area (Å²) < 4.78 is 6.06. The number of benzene rings is 1. The molecule has 1 aromatic carbocycles. The van der Waals surface area contributed by atoms with Crippen LogP contribution < -0.4 is 15.4 Å². The summed E-state index contributed by atoms with van der Waals surface area (Å²) in [5, 5.41) is 6.85. The summed E-state index contributed by atoms with van der Waals surface area (Å²) in [7, 11) is 1.83. The Balaban J connectivity index is 1.42. The van der Waals surface area contributed by atoms with Crippen molar-refractivity contribution >= 4 is 5.96 Å². The van der Waals surface area contributed by atoms with Crippen LogP contribution in [0.1, 0.15) is 43.2 Å². The van der Waals surface area contributed by atoms with Gasteiger partial charge in [-0.05, 0) is 76.2 Å². The van der Waals surface area contributed by atoms with E-state index in [9.17, 15) is 0 Å². The third-order valence-electron chi connectivity index (χ3n) is 5.21. The molecule has 2 N–H and O–H groups in total. The first kappa shape index (κ1) is 19.0. The Kier molecular flexibility index (Phi) is 7.18. The van der Waals surface area contributed by atoms with E-state index in [2.05, 4.69) is 45.6 Å². The van der Waals surface area contributed by atoms with E-state index in [0.29, 0.717) is 0 Å². The van der Waals surface area contributed by atoms with E-state index in [-0.39, 0.29) is 0 Å². The van der Waals surface area contributed by atoms with Crippen molar-refractivity contribution in [1.29, 1.82) is 0 Å². The highest BCUT2D eigenvalue weighted by Crippen LogP contribution is 2.30. The van der Waals surface area contributed by atoms with Crippen LogP contribution in [-0.4, -0.2) is 50.7 Å². The van der Waals surface area contributed by atoms with E-state index in [4.69, 9.17) is 4.74 Å².